The molecular weight excluding hydrogens is 360 g/mol. The summed E-state index contributed by atoms with van der Waals surface area (Å²) >= 11 is 0. The Morgan fingerprint density at radius 3 is 2.68 bits per heavy atom. The van der Waals surface area contributed by atoms with Crippen molar-refractivity contribution in [3.63, 3.8) is 0 Å². The van der Waals surface area contributed by atoms with Crippen molar-refractivity contribution in [2.24, 2.45) is 5.92 Å². The number of nitrogens with zero attached hydrogens (tertiary/aromatic N) is 6. The molecule has 2 aromatic heterocycles. The molecule has 0 unspecified atom stereocenters. The number of carbonyl (C=O) groups is 1. The molecule has 0 bridgehead atoms. The number of ether oxygens (including phenoxy) is 1. The molecule has 0 aromatic carbocycles. The first-order chi connectivity index (χ1) is 13.7. The Hall–Kier alpha value is -2.39. The highest BCUT2D eigenvalue weighted by molar-refractivity contribution is 5.90. The summed E-state index contributed by atoms with van der Waals surface area (Å²) < 4.78 is 11.2. The minimum Gasteiger partial charge on any atom is -0.381 e. The second-order valence-corrected chi connectivity index (χ2v) is 8.03. The van der Waals surface area contributed by atoms with Gasteiger partial charge in [0.2, 0.25) is 11.7 Å². The molecule has 2 atom stereocenters. The van der Waals surface area contributed by atoms with Gasteiger partial charge >= 0.3 is 0 Å². The predicted octanol–water partition coefficient (Wildman–Crippen LogP) is 0.673. The van der Waals surface area contributed by atoms with Crippen LogP contribution >= 0.6 is 0 Å². The van der Waals surface area contributed by atoms with E-state index in [1.807, 2.05) is 11.8 Å². The molecule has 0 radical (unpaired) electrons. The summed E-state index contributed by atoms with van der Waals surface area (Å²) in [4.78, 5) is 30.2. The third-order valence-electron chi connectivity index (χ3n) is 6.34. The van der Waals surface area contributed by atoms with E-state index >= 15 is 0 Å². The number of likely N-dealkylation sites (tertiary alicyclic amines) is 2. The molecule has 5 rings (SSSR count). The number of aromatic nitrogens is 4. The molecule has 0 saturated carbocycles. The lowest BCUT2D eigenvalue weighted by Gasteiger charge is -2.33. The van der Waals surface area contributed by atoms with Crippen LogP contribution in [0.4, 0.5) is 0 Å². The lowest BCUT2D eigenvalue weighted by atomic mass is 9.81. The highest BCUT2D eigenvalue weighted by atomic mass is 16.5. The SMILES string of the molecule is Cc1noc([C@]23CN(C(=O)c4ncccn4)C[C@H]2CN(C2CCOCC2)C3)n1. The first kappa shape index (κ1) is 17.7. The van der Waals surface area contributed by atoms with E-state index in [1.165, 1.54) is 0 Å². The van der Waals surface area contributed by atoms with Gasteiger partial charge in [-0.15, -0.1) is 0 Å². The van der Waals surface area contributed by atoms with Gasteiger partial charge in [0, 0.05) is 63.7 Å². The molecule has 1 amide bonds. The summed E-state index contributed by atoms with van der Waals surface area (Å²) in [5.74, 6) is 1.63. The number of carbonyl (C=O) groups excluding carboxylic acids is 1. The van der Waals surface area contributed by atoms with E-state index in [0.717, 1.165) is 39.1 Å². The average Bonchev–Trinajstić information content (AvgIpc) is 3.41. The quantitative estimate of drug-likeness (QED) is 0.762. The van der Waals surface area contributed by atoms with Crippen LogP contribution in [0.2, 0.25) is 0 Å². The van der Waals surface area contributed by atoms with Gasteiger partial charge in [0.1, 0.15) is 0 Å². The van der Waals surface area contributed by atoms with Crippen LogP contribution in [-0.2, 0) is 10.2 Å². The second kappa shape index (κ2) is 6.89. The topological polar surface area (TPSA) is 97.5 Å². The van der Waals surface area contributed by atoms with E-state index in [0.29, 0.717) is 30.8 Å². The summed E-state index contributed by atoms with van der Waals surface area (Å²) in [6.45, 7) is 6.41. The maximum Gasteiger partial charge on any atom is 0.291 e. The molecule has 3 aliphatic rings. The molecule has 9 heteroatoms. The summed E-state index contributed by atoms with van der Waals surface area (Å²) in [5.41, 5.74) is -0.329. The Morgan fingerprint density at radius 2 is 1.96 bits per heavy atom. The zero-order valence-corrected chi connectivity index (χ0v) is 16.0. The molecule has 28 heavy (non-hydrogen) atoms. The molecule has 2 aromatic rings. The molecule has 0 spiro atoms. The fourth-order valence-electron chi connectivity index (χ4n) is 4.94. The van der Waals surface area contributed by atoms with E-state index < -0.39 is 0 Å². The molecule has 148 valence electrons. The van der Waals surface area contributed by atoms with Crippen molar-refractivity contribution in [1.29, 1.82) is 0 Å². The molecule has 3 saturated heterocycles. The van der Waals surface area contributed by atoms with E-state index in [-0.39, 0.29) is 23.1 Å². The number of hydrogen-bond acceptors (Lipinski definition) is 8. The van der Waals surface area contributed by atoms with Crippen molar-refractivity contribution < 1.29 is 14.1 Å². The van der Waals surface area contributed by atoms with Crippen molar-refractivity contribution in [3.05, 3.63) is 36.0 Å². The molecule has 5 heterocycles. The van der Waals surface area contributed by atoms with Gasteiger partial charge in [0.05, 0.1) is 5.41 Å². The third kappa shape index (κ3) is 2.89. The summed E-state index contributed by atoms with van der Waals surface area (Å²) in [6.07, 6.45) is 5.29. The van der Waals surface area contributed by atoms with Gasteiger partial charge in [-0.3, -0.25) is 9.69 Å². The van der Waals surface area contributed by atoms with E-state index in [4.69, 9.17) is 9.26 Å². The smallest absolute Gasteiger partial charge is 0.291 e. The van der Waals surface area contributed by atoms with Crippen LogP contribution in [0.1, 0.15) is 35.2 Å². The van der Waals surface area contributed by atoms with Gasteiger partial charge in [-0.25, -0.2) is 9.97 Å². The van der Waals surface area contributed by atoms with E-state index in [9.17, 15) is 4.79 Å². The Morgan fingerprint density at radius 1 is 1.18 bits per heavy atom. The number of fused-ring (bicyclic) bond motifs is 1. The number of rotatable bonds is 3. The number of hydrogen-bond donors (Lipinski definition) is 0. The fourth-order valence-corrected chi connectivity index (χ4v) is 4.94. The van der Waals surface area contributed by atoms with Crippen molar-refractivity contribution in [2.75, 3.05) is 39.4 Å². The van der Waals surface area contributed by atoms with Crippen LogP contribution < -0.4 is 0 Å². The lowest BCUT2D eigenvalue weighted by Crippen LogP contribution is -2.44. The molecule has 0 N–H and O–H groups in total. The molecule has 0 aliphatic carbocycles. The van der Waals surface area contributed by atoms with E-state index in [1.54, 1.807) is 18.5 Å². The summed E-state index contributed by atoms with van der Waals surface area (Å²) in [6, 6.07) is 2.23. The Kier molecular flexibility index (Phi) is 4.36. The second-order valence-electron chi connectivity index (χ2n) is 8.03. The lowest BCUT2D eigenvalue weighted by molar-refractivity contribution is 0.0368. The zero-order chi connectivity index (χ0) is 19.1. The minimum absolute atomic E-state index is 0.136. The van der Waals surface area contributed by atoms with Crippen LogP contribution in [0, 0.1) is 12.8 Å². The Bertz CT molecular complexity index is 852. The van der Waals surface area contributed by atoms with Crippen molar-refractivity contribution in [3.8, 4) is 0 Å². The summed E-state index contributed by atoms with van der Waals surface area (Å²) in [5, 5.41) is 4.03. The van der Waals surface area contributed by atoms with Crippen LogP contribution in [0.15, 0.2) is 23.0 Å². The van der Waals surface area contributed by atoms with Crippen LogP contribution in [0.5, 0.6) is 0 Å². The van der Waals surface area contributed by atoms with Crippen molar-refractivity contribution in [1.82, 2.24) is 29.9 Å². The van der Waals surface area contributed by atoms with Crippen molar-refractivity contribution >= 4 is 5.91 Å². The molecule has 3 aliphatic heterocycles. The zero-order valence-electron chi connectivity index (χ0n) is 16.0. The Balaban J connectivity index is 1.42. The first-order valence-electron chi connectivity index (χ1n) is 9.84. The van der Waals surface area contributed by atoms with Gasteiger partial charge in [-0.1, -0.05) is 5.16 Å². The van der Waals surface area contributed by atoms with Gasteiger partial charge < -0.3 is 14.2 Å². The number of amides is 1. The highest BCUT2D eigenvalue weighted by Crippen LogP contribution is 2.45. The fraction of sp³-hybridized carbons (Fsp3) is 0.632. The maximum absolute atomic E-state index is 12.9. The van der Waals surface area contributed by atoms with Crippen LogP contribution in [0.3, 0.4) is 0 Å². The molecule has 9 nitrogen and oxygen atoms in total. The summed E-state index contributed by atoms with van der Waals surface area (Å²) in [7, 11) is 0. The predicted molar refractivity (Wildman–Crippen MR) is 97.6 cm³/mol. The highest BCUT2D eigenvalue weighted by Gasteiger charge is 2.58. The largest absolute Gasteiger partial charge is 0.381 e. The number of aryl methyl sites for hydroxylation is 1. The van der Waals surface area contributed by atoms with E-state index in [2.05, 4.69) is 25.0 Å². The van der Waals surface area contributed by atoms with Gasteiger partial charge in [-0.05, 0) is 25.8 Å². The first-order valence-corrected chi connectivity index (χ1v) is 9.84. The van der Waals surface area contributed by atoms with Crippen molar-refractivity contribution in [2.45, 2.75) is 31.2 Å². The molecule has 3 fully saturated rings. The third-order valence-corrected chi connectivity index (χ3v) is 6.34. The maximum atomic E-state index is 12.9. The normalized spacial score (nSPS) is 28.6. The van der Waals surface area contributed by atoms with Crippen LogP contribution in [0.25, 0.3) is 0 Å². The van der Waals surface area contributed by atoms with Gasteiger partial charge in [0.25, 0.3) is 5.91 Å². The van der Waals surface area contributed by atoms with Crippen LogP contribution in [-0.4, -0.2) is 81.3 Å². The Labute approximate surface area is 163 Å². The van der Waals surface area contributed by atoms with Gasteiger partial charge in [-0.2, -0.15) is 4.98 Å². The minimum atomic E-state index is -0.329. The monoisotopic (exact) mass is 384 g/mol. The molecular formula is C19H24N6O3. The average molecular weight is 384 g/mol. The van der Waals surface area contributed by atoms with Gasteiger partial charge in [0.15, 0.2) is 5.82 Å². The standard InChI is InChI=1S/C19H24N6O3/c1-13-22-18(28-23-13)19-11-24(15-3-7-27-8-4-15)9-14(19)10-25(12-19)17(26)16-20-5-2-6-21-16/h2,5-6,14-15H,3-4,7-12H2,1H3/t14-,19-/m1/s1.